The lowest BCUT2D eigenvalue weighted by atomic mass is 10.1. The van der Waals surface area contributed by atoms with Crippen molar-refractivity contribution in [3.63, 3.8) is 0 Å². The summed E-state index contributed by atoms with van der Waals surface area (Å²) in [6.45, 7) is 4.41. The second-order valence-corrected chi connectivity index (χ2v) is 5.54. The number of hydrogen-bond donors (Lipinski definition) is 2. The number of carbonyl (C=O) groups excluding carboxylic acids is 1. The Morgan fingerprint density at radius 3 is 2.90 bits per heavy atom. The maximum atomic E-state index is 11.9. The van der Waals surface area contributed by atoms with Gasteiger partial charge in [0.25, 0.3) is 11.5 Å². The molecule has 21 heavy (non-hydrogen) atoms. The Morgan fingerprint density at radius 2 is 2.24 bits per heavy atom. The van der Waals surface area contributed by atoms with Crippen molar-refractivity contribution in [2.45, 2.75) is 26.8 Å². The van der Waals surface area contributed by atoms with Gasteiger partial charge in [-0.1, -0.05) is 30.6 Å². The Kier molecular flexibility index (Phi) is 4.80. The number of nitrogens with one attached hydrogen (secondary N) is 2. The first-order chi connectivity index (χ1) is 9.95. The second kappa shape index (κ2) is 6.58. The molecule has 0 aliphatic rings. The molecule has 2 aromatic heterocycles. The van der Waals surface area contributed by atoms with Crippen molar-refractivity contribution in [3.05, 3.63) is 50.7 Å². The molecule has 2 heterocycles. The lowest BCUT2D eigenvalue weighted by Gasteiger charge is -2.02. The number of H-pyrrole nitrogens is 1. The van der Waals surface area contributed by atoms with E-state index < -0.39 is 5.56 Å². The fraction of sp³-hybridized carbons (Fsp3) is 0.357. The molecule has 0 saturated carbocycles. The zero-order valence-electron chi connectivity index (χ0n) is 11.8. The summed E-state index contributed by atoms with van der Waals surface area (Å²) < 4.78 is 5.15. The number of pyridine rings is 1. The lowest BCUT2D eigenvalue weighted by molar-refractivity contribution is 0.0946. The molecule has 0 unspecified atom stereocenters. The molecule has 0 bridgehead atoms. The molecule has 0 radical (unpaired) electrons. The van der Waals surface area contributed by atoms with Crippen LogP contribution >= 0.6 is 11.6 Å². The summed E-state index contributed by atoms with van der Waals surface area (Å²) >= 11 is 5.67. The van der Waals surface area contributed by atoms with Crippen LogP contribution in [0.2, 0.25) is 5.02 Å². The summed E-state index contributed by atoms with van der Waals surface area (Å²) in [5.41, 5.74) is 0.713. The Bertz CT molecular complexity index is 691. The highest BCUT2D eigenvalue weighted by Gasteiger charge is 2.10. The van der Waals surface area contributed by atoms with Crippen LogP contribution in [0.15, 0.2) is 27.6 Å². The van der Waals surface area contributed by atoms with Gasteiger partial charge in [-0.15, -0.1) is 0 Å². The molecule has 6 nitrogen and oxygen atoms in total. The standard InChI is InChI=1S/C14H16ClN3O3/c1-8(2)3-10-5-11(21-18-10)7-17-13(19)9-4-12(15)14(20)16-6-9/h4-6,8H,3,7H2,1-2H3,(H,16,20)(H,17,19). The molecular weight excluding hydrogens is 294 g/mol. The summed E-state index contributed by atoms with van der Waals surface area (Å²) in [6.07, 6.45) is 2.14. The van der Waals surface area contributed by atoms with Crippen LogP contribution in [0.4, 0.5) is 0 Å². The normalized spacial score (nSPS) is 10.9. The second-order valence-electron chi connectivity index (χ2n) is 5.13. The van der Waals surface area contributed by atoms with Crippen molar-refractivity contribution in [1.82, 2.24) is 15.5 Å². The SMILES string of the molecule is CC(C)Cc1cc(CNC(=O)c2c[nH]c(=O)c(Cl)c2)on1. The van der Waals surface area contributed by atoms with Crippen LogP contribution in [0.3, 0.4) is 0 Å². The molecule has 0 saturated heterocycles. The molecule has 7 heteroatoms. The van der Waals surface area contributed by atoms with E-state index in [2.05, 4.69) is 29.3 Å². The van der Waals surface area contributed by atoms with Crippen LogP contribution in [-0.4, -0.2) is 16.0 Å². The topological polar surface area (TPSA) is 88.0 Å². The van der Waals surface area contributed by atoms with E-state index in [0.29, 0.717) is 11.7 Å². The minimum Gasteiger partial charge on any atom is -0.359 e. The number of carbonyl (C=O) groups is 1. The smallest absolute Gasteiger partial charge is 0.266 e. The molecule has 0 atom stereocenters. The zero-order valence-corrected chi connectivity index (χ0v) is 12.5. The number of hydrogen-bond acceptors (Lipinski definition) is 4. The quantitative estimate of drug-likeness (QED) is 0.885. The molecule has 0 aliphatic heterocycles. The molecular formula is C14H16ClN3O3. The number of rotatable bonds is 5. The third-order valence-electron chi connectivity index (χ3n) is 2.77. The lowest BCUT2D eigenvalue weighted by Crippen LogP contribution is -2.23. The van der Waals surface area contributed by atoms with Crippen molar-refractivity contribution in [3.8, 4) is 0 Å². The van der Waals surface area contributed by atoms with Crippen LogP contribution in [0.1, 0.15) is 35.7 Å². The summed E-state index contributed by atoms with van der Waals surface area (Å²) in [7, 11) is 0. The maximum Gasteiger partial charge on any atom is 0.266 e. The van der Waals surface area contributed by atoms with Gasteiger partial charge in [0.2, 0.25) is 0 Å². The largest absolute Gasteiger partial charge is 0.359 e. The molecule has 2 N–H and O–H groups in total. The van der Waals surface area contributed by atoms with E-state index in [9.17, 15) is 9.59 Å². The van der Waals surface area contributed by atoms with Crippen molar-refractivity contribution in [1.29, 1.82) is 0 Å². The summed E-state index contributed by atoms with van der Waals surface area (Å²) in [5.74, 6) is 0.713. The van der Waals surface area contributed by atoms with Crippen LogP contribution in [-0.2, 0) is 13.0 Å². The number of aromatic amines is 1. The molecule has 0 aliphatic carbocycles. The number of halogens is 1. The highest BCUT2D eigenvalue weighted by atomic mass is 35.5. The predicted molar refractivity (Wildman–Crippen MR) is 78.3 cm³/mol. The van der Waals surface area contributed by atoms with Crippen LogP contribution < -0.4 is 10.9 Å². The van der Waals surface area contributed by atoms with E-state index in [4.69, 9.17) is 16.1 Å². The van der Waals surface area contributed by atoms with Crippen molar-refractivity contribution >= 4 is 17.5 Å². The van der Waals surface area contributed by atoms with Gasteiger partial charge in [0.05, 0.1) is 17.8 Å². The van der Waals surface area contributed by atoms with Gasteiger partial charge in [-0.2, -0.15) is 0 Å². The maximum absolute atomic E-state index is 11.9. The zero-order chi connectivity index (χ0) is 15.4. The summed E-state index contributed by atoms with van der Waals surface area (Å²) in [5, 5.41) is 6.59. The van der Waals surface area contributed by atoms with Crippen molar-refractivity contribution < 1.29 is 9.32 Å². The third-order valence-corrected chi connectivity index (χ3v) is 3.05. The molecule has 2 aromatic rings. The van der Waals surface area contributed by atoms with E-state index in [1.807, 2.05) is 6.07 Å². The highest BCUT2D eigenvalue weighted by Crippen LogP contribution is 2.09. The van der Waals surface area contributed by atoms with Crippen LogP contribution in [0, 0.1) is 5.92 Å². The molecule has 2 rings (SSSR count). The molecule has 112 valence electrons. The number of nitrogens with zero attached hydrogens (tertiary/aromatic N) is 1. The number of aromatic nitrogens is 2. The summed E-state index contributed by atoms with van der Waals surface area (Å²) in [4.78, 5) is 25.4. The van der Waals surface area contributed by atoms with Gasteiger partial charge in [-0.3, -0.25) is 9.59 Å². The first-order valence-electron chi connectivity index (χ1n) is 6.56. The van der Waals surface area contributed by atoms with Crippen LogP contribution in [0.5, 0.6) is 0 Å². The molecule has 0 fully saturated rings. The Morgan fingerprint density at radius 1 is 1.48 bits per heavy atom. The number of amides is 1. The average Bonchev–Trinajstić information content (AvgIpc) is 2.86. The van der Waals surface area contributed by atoms with Crippen molar-refractivity contribution in [2.75, 3.05) is 0 Å². The Balaban J connectivity index is 1.96. The Labute approximate surface area is 126 Å². The predicted octanol–water partition coefficient (Wildman–Crippen LogP) is 2.14. The van der Waals surface area contributed by atoms with Gasteiger partial charge in [0, 0.05) is 12.3 Å². The molecule has 0 spiro atoms. The van der Waals surface area contributed by atoms with E-state index in [-0.39, 0.29) is 23.0 Å². The van der Waals surface area contributed by atoms with E-state index in [1.54, 1.807) is 0 Å². The van der Waals surface area contributed by atoms with E-state index in [0.717, 1.165) is 12.1 Å². The Hall–Kier alpha value is -2.08. The van der Waals surface area contributed by atoms with E-state index in [1.165, 1.54) is 12.3 Å². The van der Waals surface area contributed by atoms with Gasteiger partial charge < -0.3 is 14.8 Å². The fourth-order valence-electron chi connectivity index (χ4n) is 1.81. The monoisotopic (exact) mass is 309 g/mol. The fourth-order valence-corrected chi connectivity index (χ4v) is 1.98. The average molecular weight is 310 g/mol. The van der Waals surface area contributed by atoms with Gasteiger partial charge in [0.1, 0.15) is 5.02 Å². The van der Waals surface area contributed by atoms with Gasteiger partial charge in [-0.25, -0.2) is 0 Å². The first kappa shape index (κ1) is 15.3. The third kappa shape index (κ3) is 4.19. The highest BCUT2D eigenvalue weighted by molar-refractivity contribution is 6.30. The van der Waals surface area contributed by atoms with Crippen LogP contribution in [0.25, 0.3) is 0 Å². The first-order valence-corrected chi connectivity index (χ1v) is 6.94. The summed E-state index contributed by atoms with van der Waals surface area (Å²) in [6, 6.07) is 3.14. The minimum absolute atomic E-state index is 0.0264. The van der Waals surface area contributed by atoms with E-state index >= 15 is 0 Å². The molecule has 0 aromatic carbocycles. The van der Waals surface area contributed by atoms with Gasteiger partial charge in [-0.05, 0) is 18.4 Å². The minimum atomic E-state index is -0.429. The van der Waals surface area contributed by atoms with Gasteiger partial charge >= 0.3 is 0 Å². The van der Waals surface area contributed by atoms with Crippen molar-refractivity contribution in [2.24, 2.45) is 5.92 Å². The molecule has 1 amide bonds. The van der Waals surface area contributed by atoms with Gasteiger partial charge in [0.15, 0.2) is 5.76 Å².